The van der Waals surface area contributed by atoms with Crippen LogP contribution in [0.3, 0.4) is 0 Å². The number of anilines is 1. The largest absolute Gasteiger partial charge is 0.489 e. The standard InChI is InChI=1S/C23H20ClN3O2S/c1-15-8-10-16(11-9-15)19(27-26-18-6-3-2-5-17(18)24)14-29-20-13-25-23(28)22(20)21-7-4-12-30-21/h2-12,26H,13-14H2,1H3,(H,25,28). The molecule has 0 radical (unpaired) electrons. The molecule has 0 fully saturated rings. The van der Waals surface area contributed by atoms with E-state index in [2.05, 4.69) is 15.8 Å². The van der Waals surface area contributed by atoms with Crippen molar-refractivity contribution in [1.29, 1.82) is 0 Å². The lowest BCUT2D eigenvalue weighted by atomic mass is 10.1. The van der Waals surface area contributed by atoms with Gasteiger partial charge >= 0.3 is 0 Å². The summed E-state index contributed by atoms with van der Waals surface area (Å²) in [7, 11) is 0. The number of para-hydroxylation sites is 1. The van der Waals surface area contributed by atoms with Crippen LogP contribution in [0.4, 0.5) is 5.69 Å². The van der Waals surface area contributed by atoms with Gasteiger partial charge in [0.2, 0.25) is 0 Å². The maximum absolute atomic E-state index is 12.3. The first-order chi connectivity index (χ1) is 14.6. The number of hydrogen-bond donors (Lipinski definition) is 2. The first kappa shape index (κ1) is 20.2. The maximum Gasteiger partial charge on any atom is 0.256 e. The minimum absolute atomic E-state index is 0.115. The summed E-state index contributed by atoms with van der Waals surface area (Å²) < 4.78 is 6.07. The topological polar surface area (TPSA) is 62.7 Å². The summed E-state index contributed by atoms with van der Waals surface area (Å²) in [4.78, 5) is 13.2. The SMILES string of the molecule is Cc1ccc(C(COC2=C(c3cccs3)C(=O)NC2)=NNc2ccccc2Cl)cc1. The third-order valence-corrected chi connectivity index (χ3v) is 5.85. The van der Waals surface area contributed by atoms with Crippen molar-refractivity contribution >= 4 is 45.8 Å². The van der Waals surface area contributed by atoms with Gasteiger partial charge in [0.15, 0.2) is 0 Å². The molecule has 0 spiro atoms. The molecule has 152 valence electrons. The highest BCUT2D eigenvalue weighted by molar-refractivity contribution is 7.11. The number of halogens is 1. The quantitative estimate of drug-likeness (QED) is 0.400. The van der Waals surface area contributed by atoms with Crippen LogP contribution in [0.5, 0.6) is 0 Å². The Morgan fingerprint density at radius 3 is 2.70 bits per heavy atom. The number of amides is 1. The fourth-order valence-electron chi connectivity index (χ4n) is 3.02. The number of thiophene rings is 1. The van der Waals surface area contributed by atoms with Gasteiger partial charge in [-0.25, -0.2) is 0 Å². The summed E-state index contributed by atoms with van der Waals surface area (Å²) in [5.41, 5.74) is 7.11. The third kappa shape index (κ3) is 4.56. The summed E-state index contributed by atoms with van der Waals surface area (Å²) in [5.74, 6) is 0.510. The van der Waals surface area contributed by atoms with Gasteiger partial charge in [-0.3, -0.25) is 10.2 Å². The number of rotatable bonds is 7. The van der Waals surface area contributed by atoms with Gasteiger partial charge < -0.3 is 10.1 Å². The molecule has 0 bridgehead atoms. The first-order valence-corrected chi connectivity index (χ1v) is 10.7. The zero-order valence-electron chi connectivity index (χ0n) is 16.3. The molecule has 2 aromatic carbocycles. The second kappa shape index (κ2) is 9.15. The number of benzene rings is 2. The number of ether oxygens (including phenoxy) is 1. The molecule has 2 N–H and O–H groups in total. The minimum atomic E-state index is -0.115. The molecule has 1 amide bonds. The molecule has 30 heavy (non-hydrogen) atoms. The van der Waals surface area contributed by atoms with Crippen LogP contribution in [0.15, 0.2) is 76.9 Å². The Balaban J connectivity index is 1.60. The van der Waals surface area contributed by atoms with Gasteiger partial charge in [-0.15, -0.1) is 11.3 Å². The lowest BCUT2D eigenvalue weighted by Gasteiger charge is -2.12. The molecule has 4 rings (SSSR count). The first-order valence-electron chi connectivity index (χ1n) is 9.44. The highest BCUT2D eigenvalue weighted by atomic mass is 35.5. The Hall–Kier alpha value is -3.09. The van der Waals surface area contributed by atoms with E-state index in [1.54, 1.807) is 6.07 Å². The number of carbonyl (C=O) groups excluding carboxylic acids is 1. The van der Waals surface area contributed by atoms with Gasteiger partial charge in [0.05, 0.1) is 22.8 Å². The molecule has 3 aromatic rings. The second-order valence-corrected chi connectivity index (χ2v) is 8.12. The predicted octanol–water partition coefficient (Wildman–Crippen LogP) is 5.08. The maximum atomic E-state index is 12.3. The number of nitrogens with one attached hydrogen (secondary N) is 2. The van der Waals surface area contributed by atoms with Gasteiger partial charge in [-0.05, 0) is 30.5 Å². The second-order valence-electron chi connectivity index (χ2n) is 6.76. The van der Waals surface area contributed by atoms with E-state index in [0.717, 1.165) is 16.0 Å². The Bertz CT molecular complexity index is 1110. The van der Waals surface area contributed by atoms with Gasteiger partial charge in [-0.1, -0.05) is 59.6 Å². The van der Waals surface area contributed by atoms with E-state index < -0.39 is 0 Å². The smallest absolute Gasteiger partial charge is 0.256 e. The average molecular weight is 438 g/mol. The number of aryl methyl sites for hydroxylation is 1. The molecule has 0 aliphatic carbocycles. The van der Waals surface area contributed by atoms with Crippen molar-refractivity contribution in [3.8, 4) is 0 Å². The zero-order chi connectivity index (χ0) is 20.9. The van der Waals surface area contributed by atoms with Crippen LogP contribution in [0.1, 0.15) is 16.0 Å². The normalized spacial score (nSPS) is 14.1. The van der Waals surface area contributed by atoms with E-state index in [4.69, 9.17) is 16.3 Å². The Morgan fingerprint density at radius 1 is 1.17 bits per heavy atom. The zero-order valence-corrected chi connectivity index (χ0v) is 17.9. The molecule has 0 unspecified atom stereocenters. The highest BCUT2D eigenvalue weighted by Gasteiger charge is 2.26. The Kier molecular flexibility index (Phi) is 6.16. The molecule has 1 aromatic heterocycles. The van der Waals surface area contributed by atoms with Crippen molar-refractivity contribution in [1.82, 2.24) is 5.32 Å². The van der Waals surface area contributed by atoms with Gasteiger partial charge in [0.25, 0.3) is 5.91 Å². The fourth-order valence-corrected chi connectivity index (χ4v) is 3.98. The van der Waals surface area contributed by atoms with Crippen LogP contribution in [-0.4, -0.2) is 24.8 Å². The molecule has 0 atom stereocenters. The van der Waals surface area contributed by atoms with Crippen LogP contribution in [0, 0.1) is 6.92 Å². The number of nitrogens with zero attached hydrogens (tertiary/aromatic N) is 1. The molecule has 2 heterocycles. The van der Waals surface area contributed by atoms with Crippen LogP contribution in [0.25, 0.3) is 5.57 Å². The number of hydrogen-bond acceptors (Lipinski definition) is 5. The van der Waals surface area contributed by atoms with Crippen molar-refractivity contribution in [3.05, 3.63) is 92.8 Å². The third-order valence-electron chi connectivity index (χ3n) is 4.64. The molecular formula is C23H20ClN3O2S. The molecule has 0 saturated carbocycles. The van der Waals surface area contributed by atoms with E-state index in [1.165, 1.54) is 11.3 Å². The van der Waals surface area contributed by atoms with Crippen LogP contribution in [0.2, 0.25) is 5.02 Å². The Morgan fingerprint density at radius 2 is 1.97 bits per heavy atom. The van der Waals surface area contributed by atoms with Crippen molar-refractivity contribution < 1.29 is 9.53 Å². The number of hydrazone groups is 1. The molecule has 1 aliphatic heterocycles. The van der Waals surface area contributed by atoms with Gasteiger partial charge in [-0.2, -0.15) is 5.10 Å². The van der Waals surface area contributed by atoms with Crippen LogP contribution < -0.4 is 10.7 Å². The van der Waals surface area contributed by atoms with E-state index >= 15 is 0 Å². The molecule has 7 heteroatoms. The van der Waals surface area contributed by atoms with E-state index in [-0.39, 0.29) is 12.5 Å². The predicted molar refractivity (Wildman–Crippen MR) is 123 cm³/mol. The summed E-state index contributed by atoms with van der Waals surface area (Å²) in [5, 5.41) is 9.92. The summed E-state index contributed by atoms with van der Waals surface area (Å²) >= 11 is 7.75. The monoisotopic (exact) mass is 437 g/mol. The van der Waals surface area contributed by atoms with Crippen molar-refractivity contribution in [2.24, 2.45) is 5.10 Å². The van der Waals surface area contributed by atoms with Crippen molar-refractivity contribution in [2.45, 2.75) is 6.92 Å². The van der Waals surface area contributed by atoms with Crippen LogP contribution >= 0.6 is 22.9 Å². The van der Waals surface area contributed by atoms with E-state index in [9.17, 15) is 4.79 Å². The molecule has 0 saturated heterocycles. The lowest BCUT2D eigenvalue weighted by molar-refractivity contribution is -0.114. The highest BCUT2D eigenvalue weighted by Crippen LogP contribution is 2.28. The molecule has 5 nitrogen and oxygen atoms in total. The minimum Gasteiger partial charge on any atom is -0.489 e. The van der Waals surface area contributed by atoms with E-state index in [1.807, 2.05) is 66.9 Å². The van der Waals surface area contributed by atoms with Crippen molar-refractivity contribution in [2.75, 3.05) is 18.6 Å². The van der Waals surface area contributed by atoms with Gasteiger partial charge in [0, 0.05) is 10.4 Å². The van der Waals surface area contributed by atoms with Crippen LogP contribution in [-0.2, 0) is 9.53 Å². The van der Waals surface area contributed by atoms with E-state index in [0.29, 0.717) is 34.3 Å². The summed E-state index contributed by atoms with van der Waals surface area (Å²) in [6.45, 7) is 2.61. The molecular weight excluding hydrogens is 418 g/mol. The summed E-state index contributed by atoms with van der Waals surface area (Å²) in [6, 6.07) is 19.3. The average Bonchev–Trinajstić information content (AvgIpc) is 3.39. The molecule has 1 aliphatic rings. The van der Waals surface area contributed by atoms with Crippen molar-refractivity contribution in [3.63, 3.8) is 0 Å². The lowest BCUT2D eigenvalue weighted by Crippen LogP contribution is -2.18. The fraction of sp³-hybridized carbons (Fsp3) is 0.130. The summed E-state index contributed by atoms with van der Waals surface area (Å²) in [6.07, 6.45) is 0. The van der Waals surface area contributed by atoms with Gasteiger partial charge in [0.1, 0.15) is 18.1 Å². The number of carbonyl (C=O) groups is 1. The Labute approximate surface area is 184 Å².